The minimum Gasteiger partial charge on any atom is -0.481 e. The van der Waals surface area contributed by atoms with E-state index in [-0.39, 0.29) is 12.0 Å². The number of rotatable bonds is 5. The van der Waals surface area contributed by atoms with Crippen LogP contribution < -0.4 is 0 Å². The first kappa shape index (κ1) is 13.8. The van der Waals surface area contributed by atoms with Gasteiger partial charge in [-0.1, -0.05) is 12.8 Å². The SMILES string of the molecule is CN(CCCC(=O)O)C1CCOC2(CCCC2)C1. The summed E-state index contributed by atoms with van der Waals surface area (Å²) in [7, 11) is 2.13. The Morgan fingerprint density at radius 2 is 2.17 bits per heavy atom. The lowest BCUT2D eigenvalue weighted by atomic mass is 9.88. The van der Waals surface area contributed by atoms with Crippen molar-refractivity contribution in [3.63, 3.8) is 0 Å². The van der Waals surface area contributed by atoms with Crippen molar-refractivity contribution < 1.29 is 14.6 Å². The lowest BCUT2D eigenvalue weighted by molar-refractivity contribution is -0.137. The van der Waals surface area contributed by atoms with E-state index in [1.54, 1.807) is 0 Å². The fourth-order valence-corrected chi connectivity index (χ4v) is 3.41. The summed E-state index contributed by atoms with van der Waals surface area (Å²) in [4.78, 5) is 12.9. The number of carboxylic acids is 1. The van der Waals surface area contributed by atoms with Crippen LogP contribution in [0.5, 0.6) is 0 Å². The van der Waals surface area contributed by atoms with Crippen LogP contribution in [-0.2, 0) is 9.53 Å². The van der Waals surface area contributed by atoms with Gasteiger partial charge >= 0.3 is 5.97 Å². The van der Waals surface area contributed by atoms with Crippen LogP contribution in [0.1, 0.15) is 51.4 Å². The van der Waals surface area contributed by atoms with Gasteiger partial charge in [0.25, 0.3) is 0 Å². The van der Waals surface area contributed by atoms with Crippen molar-refractivity contribution in [3.8, 4) is 0 Å². The van der Waals surface area contributed by atoms with Gasteiger partial charge in [0.05, 0.1) is 5.60 Å². The molecule has 1 atom stereocenters. The molecule has 1 N–H and O–H groups in total. The maximum atomic E-state index is 10.5. The standard InChI is InChI=1S/C14H25NO3/c1-15(9-4-5-13(16)17)12-6-10-18-14(11-12)7-2-3-8-14/h12H,2-11H2,1H3,(H,16,17). The molecule has 0 radical (unpaired) electrons. The molecule has 1 spiro atoms. The molecule has 0 bridgehead atoms. The molecule has 0 aromatic heterocycles. The van der Waals surface area contributed by atoms with Gasteiger partial charge in [-0.25, -0.2) is 0 Å². The summed E-state index contributed by atoms with van der Waals surface area (Å²) < 4.78 is 6.03. The zero-order valence-corrected chi connectivity index (χ0v) is 11.4. The van der Waals surface area contributed by atoms with Crippen LogP contribution in [-0.4, -0.2) is 47.8 Å². The highest BCUT2D eigenvalue weighted by atomic mass is 16.5. The zero-order valence-electron chi connectivity index (χ0n) is 11.4. The summed E-state index contributed by atoms with van der Waals surface area (Å²) in [5, 5.41) is 8.67. The minimum atomic E-state index is -0.692. The number of aliphatic carboxylic acids is 1. The maximum absolute atomic E-state index is 10.5. The predicted octanol–water partition coefficient (Wildman–Crippen LogP) is 2.27. The molecule has 104 valence electrons. The van der Waals surface area contributed by atoms with Gasteiger partial charge in [0, 0.05) is 19.1 Å². The Hall–Kier alpha value is -0.610. The molecule has 1 saturated carbocycles. The van der Waals surface area contributed by atoms with E-state index in [1.807, 2.05) is 0 Å². The van der Waals surface area contributed by atoms with E-state index in [1.165, 1.54) is 25.7 Å². The molecule has 4 nitrogen and oxygen atoms in total. The molecule has 1 unspecified atom stereocenters. The Morgan fingerprint density at radius 1 is 1.44 bits per heavy atom. The van der Waals surface area contributed by atoms with Gasteiger partial charge in [-0.05, 0) is 45.7 Å². The summed E-state index contributed by atoms with van der Waals surface area (Å²) in [6, 6.07) is 0.575. The first-order chi connectivity index (χ1) is 8.61. The summed E-state index contributed by atoms with van der Waals surface area (Å²) >= 11 is 0. The highest BCUT2D eigenvalue weighted by molar-refractivity contribution is 5.66. The summed E-state index contributed by atoms with van der Waals surface area (Å²) in [5.41, 5.74) is 0.157. The van der Waals surface area contributed by atoms with E-state index in [9.17, 15) is 4.79 Å². The van der Waals surface area contributed by atoms with Gasteiger partial charge in [0.1, 0.15) is 0 Å². The molecular weight excluding hydrogens is 230 g/mol. The third-order valence-electron chi connectivity index (χ3n) is 4.51. The first-order valence-corrected chi connectivity index (χ1v) is 7.17. The molecule has 2 aliphatic rings. The molecule has 0 aromatic carbocycles. The topological polar surface area (TPSA) is 49.8 Å². The van der Waals surface area contributed by atoms with Crippen LogP contribution in [0.15, 0.2) is 0 Å². The third kappa shape index (κ3) is 3.45. The van der Waals surface area contributed by atoms with Crippen molar-refractivity contribution in [1.29, 1.82) is 0 Å². The highest BCUT2D eigenvalue weighted by Gasteiger charge is 2.40. The summed E-state index contributed by atoms with van der Waals surface area (Å²) in [5.74, 6) is -0.692. The largest absolute Gasteiger partial charge is 0.481 e. The smallest absolute Gasteiger partial charge is 0.303 e. The first-order valence-electron chi connectivity index (χ1n) is 7.17. The predicted molar refractivity (Wildman–Crippen MR) is 69.7 cm³/mol. The van der Waals surface area contributed by atoms with Crippen LogP contribution >= 0.6 is 0 Å². The van der Waals surface area contributed by atoms with Crippen molar-refractivity contribution >= 4 is 5.97 Å². The number of hydrogen-bond donors (Lipinski definition) is 1. The maximum Gasteiger partial charge on any atom is 0.303 e. The average molecular weight is 255 g/mol. The second-order valence-electron chi connectivity index (χ2n) is 5.86. The molecule has 0 aromatic rings. The van der Waals surface area contributed by atoms with Gasteiger partial charge in [-0.15, -0.1) is 0 Å². The molecule has 1 saturated heterocycles. The zero-order chi connectivity index (χ0) is 13.0. The Bertz CT molecular complexity index is 287. The van der Waals surface area contributed by atoms with Gasteiger partial charge in [0.15, 0.2) is 0 Å². The van der Waals surface area contributed by atoms with Crippen LogP contribution in [0.2, 0.25) is 0 Å². The second kappa shape index (κ2) is 6.02. The minimum absolute atomic E-state index is 0.157. The van der Waals surface area contributed by atoms with Crippen molar-refractivity contribution in [2.45, 2.75) is 63.0 Å². The third-order valence-corrected chi connectivity index (χ3v) is 4.51. The van der Waals surface area contributed by atoms with Crippen molar-refractivity contribution in [2.75, 3.05) is 20.2 Å². The molecule has 4 heteroatoms. The fraction of sp³-hybridized carbons (Fsp3) is 0.929. The Balaban J connectivity index is 1.79. The quantitative estimate of drug-likeness (QED) is 0.818. The van der Waals surface area contributed by atoms with Crippen LogP contribution in [0.3, 0.4) is 0 Å². The molecule has 1 aliphatic heterocycles. The molecule has 1 aliphatic carbocycles. The van der Waals surface area contributed by atoms with E-state index in [2.05, 4.69) is 11.9 Å². The Kier molecular flexibility index (Phi) is 4.62. The molecule has 1 heterocycles. The second-order valence-corrected chi connectivity index (χ2v) is 5.86. The van der Waals surface area contributed by atoms with Gasteiger partial charge in [-0.3, -0.25) is 4.79 Å². The molecule has 18 heavy (non-hydrogen) atoms. The number of carboxylic acid groups (broad SMARTS) is 1. The van der Waals surface area contributed by atoms with Gasteiger partial charge in [0.2, 0.25) is 0 Å². The van der Waals surface area contributed by atoms with E-state index >= 15 is 0 Å². The molecule has 0 amide bonds. The molecule has 2 fully saturated rings. The lowest BCUT2D eigenvalue weighted by Gasteiger charge is -2.42. The Morgan fingerprint density at radius 3 is 2.83 bits per heavy atom. The van der Waals surface area contributed by atoms with Crippen molar-refractivity contribution in [3.05, 3.63) is 0 Å². The van der Waals surface area contributed by atoms with E-state index in [0.717, 1.165) is 32.4 Å². The van der Waals surface area contributed by atoms with Crippen LogP contribution in [0.4, 0.5) is 0 Å². The highest BCUT2D eigenvalue weighted by Crippen LogP contribution is 2.40. The van der Waals surface area contributed by atoms with Gasteiger partial charge < -0.3 is 14.7 Å². The molecule has 2 rings (SSSR count). The fourth-order valence-electron chi connectivity index (χ4n) is 3.41. The van der Waals surface area contributed by atoms with E-state index in [0.29, 0.717) is 6.04 Å². The van der Waals surface area contributed by atoms with E-state index < -0.39 is 5.97 Å². The van der Waals surface area contributed by atoms with Crippen LogP contribution in [0, 0.1) is 0 Å². The number of nitrogens with zero attached hydrogens (tertiary/aromatic N) is 1. The van der Waals surface area contributed by atoms with E-state index in [4.69, 9.17) is 9.84 Å². The average Bonchev–Trinajstić information content (AvgIpc) is 2.76. The molecular formula is C14H25NO3. The monoisotopic (exact) mass is 255 g/mol. The summed E-state index contributed by atoms with van der Waals surface area (Å²) in [6.07, 6.45) is 8.28. The number of carbonyl (C=O) groups is 1. The number of ether oxygens (including phenoxy) is 1. The summed E-state index contributed by atoms with van der Waals surface area (Å²) in [6.45, 7) is 1.75. The van der Waals surface area contributed by atoms with Crippen molar-refractivity contribution in [2.24, 2.45) is 0 Å². The normalized spacial score (nSPS) is 26.9. The van der Waals surface area contributed by atoms with Crippen molar-refractivity contribution in [1.82, 2.24) is 4.90 Å². The Labute approximate surface area is 109 Å². The van der Waals surface area contributed by atoms with Gasteiger partial charge in [-0.2, -0.15) is 0 Å². The van der Waals surface area contributed by atoms with Crippen LogP contribution in [0.25, 0.3) is 0 Å². The number of hydrogen-bond acceptors (Lipinski definition) is 3. The lowest BCUT2D eigenvalue weighted by Crippen LogP contribution is -2.46.